The average Bonchev–Trinajstić information content (AvgIpc) is 2.35. The van der Waals surface area contributed by atoms with Gasteiger partial charge in [-0.3, -0.25) is 0 Å². The number of hydrogen-bond donors (Lipinski definition) is 1. The molecular formula is C14H22N2. The van der Waals surface area contributed by atoms with Crippen LogP contribution in [0.15, 0.2) is 24.3 Å². The summed E-state index contributed by atoms with van der Waals surface area (Å²) >= 11 is 0. The fraction of sp³-hybridized carbons (Fsp3) is 0.571. The van der Waals surface area contributed by atoms with E-state index in [1.165, 1.54) is 37.1 Å². The summed E-state index contributed by atoms with van der Waals surface area (Å²) in [4.78, 5) is 2.49. The Kier molecular flexibility index (Phi) is 3.83. The van der Waals surface area contributed by atoms with E-state index in [0.29, 0.717) is 6.04 Å². The van der Waals surface area contributed by atoms with Gasteiger partial charge in [0, 0.05) is 18.3 Å². The number of rotatable bonds is 4. The molecule has 1 unspecified atom stereocenters. The first kappa shape index (κ1) is 11.5. The van der Waals surface area contributed by atoms with Gasteiger partial charge < -0.3 is 10.2 Å². The summed E-state index contributed by atoms with van der Waals surface area (Å²) in [5.74, 6) is 0. The van der Waals surface area contributed by atoms with E-state index in [1.807, 2.05) is 0 Å². The van der Waals surface area contributed by atoms with Crippen LogP contribution in [-0.4, -0.2) is 31.1 Å². The molecule has 0 aromatic heterocycles. The molecule has 2 nitrogen and oxygen atoms in total. The Morgan fingerprint density at radius 2 is 2.19 bits per heavy atom. The second kappa shape index (κ2) is 5.35. The van der Waals surface area contributed by atoms with Gasteiger partial charge in [0.05, 0.1) is 0 Å². The number of unbranched alkanes of at least 4 members (excludes halogenated alkanes) is 1. The molecule has 2 heteroatoms. The van der Waals surface area contributed by atoms with E-state index >= 15 is 0 Å². The molecular weight excluding hydrogens is 196 g/mol. The average molecular weight is 218 g/mol. The second-order valence-corrected chi connectivity index (χ2v) is 4.73. The molecule has 1 aliphatic rings. The molecule has 0 fully saturated rings. The van der Waals surface area contributed by atoms with Gasteiger partial charge >= 0.3 is 0 Å². The summed E-state index contributed by atoms with van der Waals surface area (Å²) in [6.45, 7) is 4.55. The molecule has 1 N–H and O–H groups in total. The lowest BCUT2D eigenvalue weighted by Crippen LogP contribution is -2.42. The van der Waals surface area contributed by atoms with E-state index in [0.717, 1.165) is 6.54 Å². The van der Waals surface area contributed by atoms with Crippen LogP contribution in [0.25, 0.3) is 0 Å². The van der Waals surface area contributed by atoms with Crippen LogP contribution in [0.4, 0.5) is 5.69 Å². The molecule has 0 aliphatic carbocycles. The maximum atomic E-state index is 3.53. The van der Waals surface area contributed by atoms with Gasteiger partial charge in [0.25, 0.3) is 0 Å². The van der Waals surface area contributed by atoms with Crippen molar-refractivity contribution in [1.29, 1.82) is 0 Å². The fourth-order valence-electron chi connectivity index (χ4n) is 2.33. The predicted molar refractivity (Wildman–Crippen MR) is 70.0 cm³/mol. The first-order valence-corrected chi connectivity index (χ1v) is 6.33. The van der Waals surface area contributed by atoms with Crippen molar-refractivity contribution in [3.8, 4) is 0 Å². The molecule has 1 atom stereocenters. The number of nitrogens with one attached hydrogen (secondary N) is 1. The highest BCUT2D eigenvalue weighted by atomic mass is 15.2. The molecule has 88 valence electrons. The van der Waals surface area contributed by atoms with Crippen molar-refractivity contribution in [2.24, 2.45) is 0 Å². The number of anilines is 1. The van der Waals surface area contributed by atoms with Crippen LogP contribution in [0.1, 0.15) is 25.3 Å². The monoisotopic (exact) mass is 218 g/mol. The Hall–Kier alpha value is -1.02. The summed E-state index contributed by atoms with van der Waals surface area (Å²) in [7, 11) is 2.25. The highest BCUT2D eigenvalue weighted by Crippen LogP contribution is 2.23. The Morgan fingerprint density at radius 1 is 1.38 bits per heavy atom. The third-order valence-corrected chi connectivity index (χ3v) is 3.49. The minimum Gasteiger partial charge on any atom is -0.383 e. The van der Waals surface area contributed by atoms with Gasteiger partial charge in [-0.05, 0) is 38.1 Å². The first-order chi connectivity index (χ1) is 7.81. The van der Waals surface area contributed by atoms with Crippen molar-refractivity contribution in [2.75, 3.05) is 25.5 Å². The van der Waals surface area contributed by atoms with Crippen LogP contribution in [0, 0.1) is 0 Å². The molecule has 1 aliphatic heterocycles. The van der Waals surface area contributed by atoms with E-state index in [-0.39, 0.29) is 0 Å². The summed E-state index contributed by atoms with van der Waals surface area (Å²) in [5.41, 5.74) is 2.78. The van der Waals surface area contributed by atoms with Crippen molar-refractivity contribution >= 4 is 5.69 Å². The number of hydrogen-bond acceptors (Lipinski definition) is 2. The number of para-hydroxylation sites is 1. The van der Waals surface area contributed by atoms with E-state index in [9.17, 15) is 0 Å². The number of nitrogens with zero attached hydrogens (tertiary/aromatic N) is 1. The first-order valence-electron chi connectivity index (χ1n) is 6.33. The highest BCUT2D eigenvalue weighted by Gasteiger charge is 2.20. The van der Waals surface area contributed by atoms with Crippen LogP contribution in [0.2, 0.25) is 0 Å². The van der Waals surface area contributed by atoms with Crippen molar-refractivity contribution < 1.29 is 0 Å². The maximum absolute atomic E-state index is 3.53. The molecule has 2 rings (SSSR count). The van der Waals surface area contributed by atoms with Gasteiger partial charge in [0.1, 0.15) is 0 Å². The molecule has 16 heavy (non-hydrogen) atoms. The van der Waals surface area contributed by atoms with Gasteiger partial charge in [-0.15, -0.1) is 0 Å². The van der Waals surface area contributed by atoms with Crippen LogP contribution in [0.5, 0.6) is 0 Å². The lowest BCUT2D eigenvalue weighted by molar-refractivity contribution is 0.243. The lowest BCUT2D eigenvalue weighted by Gasteiger charge is -2.33. The Morgan fingerprint density at radius 3 is 3.00 bits per heavy atom. The van der Waals surface area contributed by atoms with E-state index in [2.05, 4.69) is 48.5 Å². The SMILES string of the molecule is CCCCN(C)C1CNc2ccccc2C1. The zero-order chi connectivity index (χ0) is 11.4. The zero-order valence-corrected chi connectivity index (χ0v) is 10.4. The Labute approximate surface area is 98.7 Å². The number of likely N-dealkylation sites (N-methyl/N-ethyl adjacent to an activating group) is 1. The van der Waals surface area contributed by atoms with Gasteiger partial charge in [0.15, 0.2) is 0 Å². The summed E-state index contributed by atoms with van der Waals surface area (Å²) in [5, 5.41) is 3.53. The maximum Gasteiger partial charge on any atom is 0.0373 e. The topological polar surface area (TPSA) is 15.3 Å². The minimum atomic E-state index is 0.654. The highest BCUT2D eigenvalue weighted by molar-refractivity contribution is 5.53. The van der Waals surface area contributed by atoms with E-state index in [4.69, 9.17) is 0 Å². The molecule has 1 heterocycles. The van der Waals surface area contributed by atoms with E-state index < -0.39 is 0 Å². The van der Waals surface area contributed by atoms with Gasteiger partial charge in [0.2, 0.25) is 0 Å². The van der Waals surface area contributed by atoms with Gasteiger partial charge in [-0.1, -0.05) is 31.5 Å². The summed E-state index contributed by atoms with van der Waals surface area (Å²) < 4.78 is 0. The van der Waals surface area contributed by atoms with Gasteiger partial charge in [-0.2, -0.15) is 0 Å². The van der Waals surface area contributed by atoms with E-state index in [1.54, 1.807) is 0 Å². The largest absolute Gasteiger partial charge is 0.383 e. The predicted octanol–water partition coefficient (Wildman–Crippen LogP) is 2.76. The lowest BCUT2D eigenvalue weighted by atomic mass is 9.99. The number of fused-ring (bicyclic) bond motifs is 1. The molecule has 0 spiro atoms. The van der Waals surface area contributed by atoms with Crippen molar-refractivity contribution in [3.63, 3.8) is 0 Å². The van der Waals surface area contributed by atoms with Crippen LogP contribution in [0.3, 0.4) is 0 Å². The summed E-state index contributed by atoms with van der Waals surface area (Å²) in [6, 6.07) is 9.31. The smallest absolute Gasteiger partial charge is 0.0373 e. The molecule has 0 radical (unpaired) electrons. The molecule has 0 saturated carbocycles. The molecule has 0 bridgehead atoms. The Bertz CT molecular complexity index is 335. The fourth-order valence-corrected chi connectivity index (χ4v) is 2.33. The molecule has 1 aromatic carbocycles. The third kappa shape index (κ3) is 2.56. The molecule has 0 amide bonds. The van der Waals surface area contributed by atoms with Crippen LogP contribution < -0.4 is 5.32 Å². The standard InChI is InChI=1S/C14H22N2/c1-3-4-9-16(2)13-10-12-7-5-6-8-14(12)15-11-13/h5-8,13,15H,3-4,9-11H2,1-2H3. The summed E-state index contributed by atoms with van der Waals surface area (Å²) in [6.07, 6.45) is 3.76. The third-order valence-electron chi connectivity index (χ3n) is 3.49. The van der Waals surface area contributed by atoms with Crippen LogP contribution >= 0.6 is 0 Å². The zero-order valence-electron chi connectivity index (χ0n) is 10.4. The second-order valence-electron chi connectivity index (χ2n) is 4.73. The normalized spacial score (nSPS) is 19.3. The molecule has 1 aromatic rings. The van der Waals surface area contributed by atoms with Crippen molar-refractivity contribution in [2.45, 2.75) is 32.2 Å². The van der Waals surface area contributed by atoms with Gasteiger partial charge in [-0.25, -0.2) is 0 Å². The minimum absolute atomic E-state index is 0.654. The van der Waals surface area contributed by atoms with Crippen molar-refractivity contribution in [3.05, 3.63) is 29.8 Å². The number of benzene rings is 1. The van der Waals surface area contributed by atoms with Crippen molar-refractivity contribution in [1.82, 2.24) is 4.90 Å². The van der Waals surface area contributed by atoms with Crippen LogP contribution in [-0.2, 0) is 6.42 Å². The molecule has 0 saturated heterocycles. The quantitative estimate of drug-likeness (QED) is 0.836. The Balaban J connectivity index is 1.97.